The van der Waals surface area contributed by atoms with Crippen LogP contribution in [0.25, 0.3) is 42.7 Å². The van der Waals surface area contributed by atoms with Crippen molar-refractivity contribution in [3.8, 4) is 22.3 Å². The number of aliphatic hydroxyl groups excluding tert-OH is 2. The lowest BCUT2D eigenvalue weighted by Gasteiger charge is -2.14. The van der Waals surface area contributed by atoms with Crippen LogP contribution in [0.3, 0.4) is 0 Å². The number of aromatic nitrogens is 6. The number of hydrogen-bond donors (Lipinski definition) is 6. The summed E-state index contributed by atoms with van der Waals surface area (Å²) in [6.45, 7) is 1.93. The first kappa shape index (κ1) is 50.1. The molecular weight excluding hydrogens is 1000 g/mol. The number of sulfone groups is 2. The van der Waals surface area contributed by atoms with Crippen molar-refractivity contribution >= 4 is 83.2 Å². The SMILES string of the molecule is C=CCS(=O)(=O)C(c1nnc(CNS(N)(=O)=O)o1)c1nc2ccc(-c3ccccc3)cc2s1.NS(=O)(=O)NCc1nnc(C(c2nc3ccc(-c4ccccc4)cc3s2)S(=O)(=O)CC(O)CO)o1. The molecule has 3 atom stereocenters. The van der Waals surface area contributed by atoms with Crippen LogP contribution >= 0.6 is 22.7 Å². The maximum atomic E-state index is 13.2. The minimum Gasteiger partial charge on any atom is -0.422 e. The zero-order valence-corrected chi connectivity index (χ0v) is 40.0. The molecule has 0 aliphatic rings. The van der Waals surface area contributed by atoms with E-state index in [0.29, 0.717) is 15.7 Å². The van der Waals surface area contributed by atoms with E-state index in [1.807, 2.05) is 100 Å². The lowest BCUT2D eigenvalue weighted by molar-refractivity contribution is 0.112. The van der Waals surface area contributed by atoms with Crippen molar-refractivity contribution in [2.75, 3.05) is 18.1 Å². The summed E-state index contributed by atoms with van der Waals surface area (Å²) in [5.41, 5.74) is 5.06. The first-order valence-electron chi connectivity index (χ1n) is 19.7. The molecule has 0 saturated carbocycles. The highest BCUT2D eigenvalue weighted by atomic mass is 32.2. The van der Waals surface area contributed by atoms with Gasteiger partial charge in [0, 0.05) is 0 Å². The maximum absolute atomic E-state index is 13.2. The molecule has 0 radical (unpaired) electrons. The molecule has 4 aromatic heterocycles. The predicted octanol–water partition coefficient (Wildman–Crippen LogP) is 2.83. The smallest absolute Gasteiger partial charge is 0.274 e. The highest BCUT2D eigenvalue weighted by Crippen LogP contribution is 2.39. The van der Waals surface area contributed by atoms with Gasteiger partial charge >= 0.3 is 0 Å². The molecule has 4 heterocycles. The van der Waals surface area contributed by atoms with Crippen LogP contribution in [0.15, 0.2) is 119 Å². The summed E-state index contributed by atoms with van der Waals surface area (Å²) < 4.78 is 113. The van der Waals surface area contributed by atoms with Crippen molar-refractivity contribution in [3.63, 3.8) is 0 Å². The van der Waals surface area contributed by atoms with Crippen LogP contribution in [-0.2, 0) is 53.2 Å². The topological polar surface area (TPSA) is 357 Å². The second-order valence-corrected chi connectivity index (χ2v) is 23.7. The van der Waals surface area contributed by atoms with Gasteiger partial charge in [-0.2, -0.15) is 26.3 Å². The van der Waals surface area contributed by atoms with Gasteiger partial charge in [0.05, 0.1) is 57.7 Å². The second kappa shape index (κ2) is 20.9. The van der Waals surface area contributed by atoms with Crippen molar-refractivity contribution in [1.29, 1.82) is 0 Å². The number of rotatable bonds is 19. The molecule has 8 N–H and O–H groups in total. The van der Waals surface area contributed by atoms with E-state index in [9.17, 15) is 38.8 Å². The molecule has 0 fully saturated rings. The summed E-state index contributed by atoms with van der Waals surface area (Å²) >= 11 is 2.31. The highest BCUT2D eigenvalue weighted by molar-refractivity contribution is 7.92. The zero-order chi connectivity index (χ0) is 48.9. The fraction of sp³-hybridized carbons (Fsp3) is 0.200. The zero-order valence-electron chi connectivity index (χ0n) is 35.1. The van der Waals surface area contributed by atoms with Gasteiger partial charge < -0.3 is 19.0 Å². The quantitative estimate of drug-likeness (QED) is 0.0634. The molecule has 0 amide bonds. The van der Waals surface area contributed by atoms with Gasteiger partial charge in [-0.3, -0.25) is 0 Å². The van der Waals surface area contributed by atoms with Crippen molar-refractivity contribution in [2.45, 2.75) is 29.7 Å². The van der Waals surface area contributed by atoms with Crippen LogP contribution in [-0.4, -0.2) is 98.5 Å². The summed E-state index contributed by atoms with van der Waals surface area (Å²) in [7, 11) is -16.1. The monoisotopic (exact) mass is 1040 g/mol. The Kier molecular flexibility index (Phi) is 15.4. The van der Waals surface area contributed by atoms with Gasteiger partial charge in [0.2, 0.25) is 23.6 Å². The first-order valence-corrected chi connectivity index (χ1v) is 27.8. The lowest BCUT2D eigenvalue weighted by atomic mass is 10.1. The van der Waals surface area contributed by atoms with Crippen molar-refractivity contribution in [2.24, 2.45) is 10.3 Å². The Labute approximate surface area is 397 Å². The normalized spacial score (nSPS) is 13.8. The maximum Gasteiger partial charge on any atom is 0.274 e. The first-order chi connectivity index (χ1) is 32.2. The van der Waals surface area contributed by atoms with Gasteiger partial charge in [-0.25, -0.2) is 37.1 Å². The standard InChI is InChI=1S/C20H21N5O7S3.C20H19N5O5S3/c21-35(30,31)22-9-17-24-25-19(32-17)18(34(28,29)11-14(27)10-26)20-23-15-7-6-13(8-16(15)33-20)12-4-2-1-3-5-12;1-2-10-32(26,27)18(19-25-24-17(30-19)12-22-33(21,28)29)20-23-15-9-8-14(11-16(15)31-20)13-6-4-3-5-7-13/h1-8,14,18,22,26-27H,9-11H2,(H2,21,30,31);2-9,11,18,22H,1,10,12H2,(H2,21,28,29). The fourth-order valence-electron chi connectivity index (χ4n) is 6.45. The summed E-state index contributed by atoms with van der Waals surface area (Å²) in [6.07, 6.45) is -0.267. The number of aliphatic hydroxyl groups is 2. The van der Waals surface area contributed by atoms with E-state index in [4.69, 9.17) is 24.2 Å². The minimum atomic E-state index is -4.20. The number of nitrogens with one attached hydrogen (secondary N) is 2. The van der Waals surface area contributed by atoms with Crippen molar-refractivity contribution in [1.82, 2.24) is 39.8 Å². The molecular formula is C40H40N10O12S6. The molecule has 0 saturated heterocycles. The second-order valence-electron chi connectivity index (χ2n) is 14.5. The number of fused-ring (bicyclic) bond motifs is 2. The molecule has 0 aliphatic carbocycles. The number of thiazole rings is 2. The molecule has 3 unspecified atom stereocenters. The third kappa shape index (κ3) is 12.7. The predicted molar refractivity (Wildman–Crippen MR) is 253 cm³/mol. The Morgan fingerprint density at radius 3 is 1.44 bits per heavy atom. The Hall–Kier alpha value is -5.76. The van der Waals surface area contributed by atoms with Crippen LogP contribution in [0.4, 0.5) is 0 Å². The third-order valence-electron chi connectivity index (χ3n) is 9.44. The van der Waals surface area contributed by atoms with Gasteiger partial charge in [-0.15, -0.1) is 49.6 Å². The van der Waals surface area contributed by atoms with Crippen LogP contribution in [0.2, 0.25) is 0 Å². The average Bonchev–Trinajstić information content (AvgIpc) is 4.12. The number of hydrogen-bond acceptors (Lipinski definition) is 20. The van der Waals surface area contributed by atoms with E-state index >= 15 is 0 Å². The van der Waals surface area contributed by atoms with E-state index in [1.165, 1.54) is 17.4 Å². The van der Waals surface area contributed by atoms with Crippen LogP contribution in [0.1, 0.15) is 44.1 Å². The van der Waals surface area contributed by atoms with Gasteiger partial charge in [0.25, 0.3) is 20.4 Å². The largest absolute Gasteiger partial charge is 0.422 e. The van der Waals surface area contributed by atoms with Gasteiger partial charge in [-0.1, -0.05) is 78.9 Å². The Morgan fingerprint density at radius 1 is 0.618 bits per heavy atom. The summed E-state index contributed by atoms with van der Waals surface area (Å²) in [5.74, 6) is -2.05. The van der Waals surface area contributed by atoms with Crippen LogP contribution in [0, 0.1) is 0 Å². The Bertz CT molecular complexity index is 3510. The average molecular weight is 1050 g/mol. The van der Waals surface area contributed by atoms with Gasteiger partial charge in [0.1, 0.15) is 10.0 Å². The van der Waals surface area contributed by atoms with E-state index in [0.717, 1.165) is 38.3 Å². The fourth-order valence-corrected chi connectivity index (χ4v) is 13.1. The van der Waals surface area contributed by atoms with Gasteiger partial charge in [-0.05, 0) is 46.5 Å². The lowest BCUT2D eigenvalue weighted by Crippen LogP contribution is -2.30. The van der Waals surface area contributed by atoms with Crippen LogP contribution in [0.5, 0.6) is 0 Å². The molecule has 358 valence electrons. The number of benzene rings is 4. The molecule has 4 aromatic carbocycles. The highest BCUT2D eigenvalue weighted by Gasteiger charge is 2.39. The summed E-state index contributed by atoms with van der Waals surface area (Å²) in [4.78, 5) is 8.97. The van der Waals surface area contributed by atoms with Crippen molar-refractivity contribution in [3.05, 3.63) is 143 Å². The molecule has 0 spiro atoms. The molecule has 0 bridgehead atoms. The van der Waals surface area contributed by atoms with E-state index < -0.39 is 75.6 Å². The van der Waals surface area contributed by atoms with Crippen LogP contribution < -0.4 is 19.7 Å². The molecule has 68 heavy (non-hydrogen) atoms. The van der Waals surface area contributed by atoms with E-state index in [2.05, 4.69) is 36.9 Å². The number of nitrogens with two attached hydrogens (primary N) is 2. The molecule has 22 nitrogen and oxygen atoms in total. The van der Waals surface area contributed by atoms with Gasteiger partial charge in [0.15, 0.2) is 30.2 Å². The Morgan fingerprint density at radius 2 is 1.04 bits per heavy atom. The molecule has 8 rings (SSSR count). The Balaban J connectivity index is 0.000000202. The molecule has 0 aliphatic heterocycles. The number of nitrogens with zero attached hydrogens (tertiary/aromatic N) is 6. The molecule has 28 heteroatoms. The summed E-state index contributed by atoms with van der Waals surface area (Å²) in [6, 6.07) is 30.6. The van der Waals surface area contributed by atoms with E-state index in [1.54, 1.807) is 6.07 Å². The minimum absolute atomic E-state index is 0.116. The van der Waals surface area contributed by atoms with E-state index in [-0.39, 0.29) is 45.9 Å². The molecule has 8 aromatic rings. The van der Waals surface area contributed by atoms with Crippen molar-refractivity contribution < 1.29 is 52.7 Å². The summed E-state index contributed by atoms with van der Waals surface area (Å²) in [5, 5.41) is 41.3. The third-order valence-corrected chi connectivity index (χ3v) is 16.8.